The molecule has 0 aliphatic carbocycles. The summed E-state index contributed by atoms with van der Waals surface area (Å²) in [6, 6.07) is 17.8. The number of fused-ring (bicyclic) bond motifs is 1. The number of aromatic nitrogens is 1. The van der Waals surface area contributed by atoms with Crippen LogP contribution >= 0.6 is 11.3 Å². The minimum Gasteiger partial charge on any atom is -0.390 e. The molecule has 0 spiro atoms. The molecule has 1 heterocycles. The van der Waals surface area contributed by atoms with Crippen molar-refractivity contribution in [3.63, 3.8) is 0 Å². The van der Waals surface area contributed by atoms with Crippen molar-refractivity contribution in [3.8, 4) is 0 Å². The zero-order valence-electron chi connectivity index (χ0n) is 24.4. The van der Waals surface area contributed by atoms with E-state index in [9.17, 15) is 22.7 Å². The zero-order valence-corrected chi connectivity index (χ0v) is 26.0. The van der Waals surface area contributed by atoms with Gasteiger partial charge in [0, 0.05) is 18.7 Å². The van der Waals surface area contributed by atoms with Crippen molar-refractivity contribution < 1.29 is 22.7 Å². The van der Waals surface area contributed by atoms with Gasteiger partial charge in [-0.2, -0.15) is 4.31 Å². The minimum absolute atomic E-state index is 0.0617. The third-order valence-corrected chi connectivity index (χ3v) is 10.2. The number of anilines is 1. The lowest BCUT2D eigenvalue weighted by atomic mass is 9.99. The quantitative estimate of drug-likeness (QED) is 0.175. The van der Waals surface area contributed by atoms with Gasteiger partial charge in [-0.15, -0.1) is 6.58 Å². The van der Waals surface area contributed by atoms with E-state index in [1.54, 1.807) is 18.2 Å². The number of benzene rings is 3. The number of aliphatic hydroxyl groups excluding tert-OH is 1. The van der Waals surface area contributed by atoms with E-state index >= 15 is 0 Å². The van der Waals surface area contributed by atoms with E-state index in [-0.39, 0.29) is 36.6 Å². The van der Waals surface area contributed by atoms with Crippen LogP contribution in [0.3, 0.4) is 0 Å². The molecule has 0 radical (unpaired) electrons. The van der Waals surface area contributed by atoms with Gasteiger partial charge < -0.3 is 16.2 Å². The molecule has 1 aromatic heterocycles. The molecule has 0 aliphatic heterocycles. The van der Waals surface area contributed by atoms with E-state index in [1.807, 2.05) is 44.2 Å². The fourth-order valence-corrected chi connectivity index (χ4v) is 7.71. The number of sulfonamides is 1. The Balaban J connectivity index is 1.65. The first-order valence-corrected chi connectivity index (χ1v) is 16.3. The van der Waals surface area contributed by atoms with Gasteiger partial charge in [0.2, 0.25) is 10.0 Å². The molecule has 0 saturated carbocycles. The summed E-state index contributed by atoms with van der Waals surface area (Å²) in [7, 11) is -4.07. The largest absolute Gasteiger partial charge is 0.390 e. The average molecular weight is 625 g/mol. The molecule has 3 atom stereocenters. The van der Waals surface area contributed by atoms with Crippen molar-refractivity contribution >= 4 is 42.6 Å². The van der Waals surface area contributed by atoms with Gasteiger partial charge in [-0.25, -0.2) is 17.8 Å². The summed E-state index contributed by atoms with van der Waals surface area (Å²) >= 11 is 1.27. The van der Waals surface area contributed by atoms with Crippen LogP contribution < -0.4 is 11.1 Å². The van der Waals surface area contributed by atoms with E-state index in [1.165, 1.54) is 46.8 Å². The Hall–Kier alpha value is -3.64. The fraction of sp³-hybridized carbons (Fsp3) is 0.312. The molecule has 11 heteroatoms. The Morgan fingerprint density at radius 3 is 2.53 bits per heavy atom. The summed E-state index contributed by atoms with van der Waals surface area (Å²) in [5, 5.41) is 13.7. The van der Waals surface area contributed by atoms with Gasteiger partial charge in [-0.1, -0.05) is 73.7 Å². The minimum atomic E-state index is -4.07. The molecular formula is C32H37FN4O4S2. The number of hydrogen-bond acceptors (Lipinski definition) is 7. The molecule has 4 N–H and O–H groups in total. The summed E-state index contributed by atoms with van der Waals surface area (Å²) in [6.07, 6.45) is 0.309. The van der Waals surface area contributed by atoms with Crippen molar-refractivity contribution in [2.75, 3.05) is 18.8 Å². The number of carbonyl (C=O) groups excluding carboxylic acids is 1. The third kappa shape index (κ3) is 7.66. The highest BCUT2D eigenvalue weighted by Crippen LogP contribution is 2.32. The second-order valence-corrected chi connectivity index (χ2v) is 14.1. The molecule has 8 nitrogen and oxygen atoms in total. The number of thiazole rings is 1. The highest BCUT2D eigenvalue weighted by atomic mass is 32.2. The second kappa shape index (κ2) is 13.8. The van der Waals surface area contributed by atoms with Crippen LogP contribution in [0.5, 0.6) is 0 Å². The molecule has 0 fully saturated rings. The Morgan fingerprint density at radius 1 is 1.14 bits per heavy atom. The van der Waals surface area contributed by atoms with E-state index in [0.717, 1.165) is 10.3 Å². The molecule has 1 amide bonds. The smallest absolute Gasteiger partial charge is 0.251 e. The summed E-state index contributed by atoms with van der Waals surface area (Å²) in [5.74, 6) is -1.14. The molecular weight excluding hydrogens is 588 g/mol. The molecule has 3 aromatic carbocycles. The predicted octanol–water partition coefficient (Wildman–Crippen LogP) is 5.24. The van der Waals surface area contributed by atoms with Crippen LogP contribution in [0.1, 0.15) is 46.1 Å². The van der Waals surface area contributed by atoms with Crippen LogP contribution in [0.15, 0.2) is 79.4 Å². The monoisotopic (exact) mass is 624 g/mol. The van der Waals surface area contributed by atoms with Gasteiger partial charge in [0.25, 0.3) is 5.91 Å². The predicted molar refractivity (Wildman–Crippen MR) is 171 cm³/mol. The zero-order chi connectivity index (χ0) is 31.3. The number of carbonyl (C=O) groups is 1. The van der Waals surface area contributed by atoms with Crippen molar-refractivity contribution in [3.05, 3.63) is 107 Å². The number of hydrogen-bond donors (Lipinski definition) is 3. The van der Waals surface area contributed by atoms with Crippen molar-refractivity contribution in [1.82, 2.24) is 14.6 Å². The van der Waals surface area contributed by atoms with Crippen LogP contribution in [0.25, 0.3) is 10.2 Å². The number of nitrogens with one attached hydrogen (secondary N) is 1. The maximum absolute atomic E-state index is 14.2. The number of nitrogens with two attached hydrogens (primary N) is 1. The Labute approximate surface area is 256 Å². The van der Waals surface area contributed by atoms with Crippen LogP contribution in [-0.4, -0.2) is 54.0 Å². The number of nitrogen functional groups attached to an aromatic ring is 1. The molecule has 0 saturated heterocycles. The number of rotatable bonds is 13. The maximum atomic E-state index is 14.2. The lowest BCUT2D eigenvalue weighted by Gasteiger charge is -2.32. The van der Waals surface area contributed by atoms with Crippen molar-refractivity contribution in [2.24, 2.45) is 5.92 Å². The lowest BCUT2D eigenvalue weighted by Crippen LogP contribution is -2.51. The first kappa shape index (κ1) is 32.3. The van der Waals surface area contributed by atoms with Crippen LogP contribution in [0.2, 0.25) is 0 Å². The van der Waals surface area contributed by atoms with Gasteiger partial charge in [0.15, 0.2) is 5.13 Å². The molecule has 3 unspecified atom stereocenters. The van der Waals surface area contributed by atoms with Crippen LogP contribution in [0.4, 0.5) is 9.52 Å². The topological polar surface area (TPSA) is 126 Å². The molecule has 4 aromatic rings. The van der Waals surface area contributed by atoms with E-state index in [0.29, 0.717) is 16.2 Å². The summed E-state index contributed by atoms with van der Waals surface area (Å²) in [4.78, 5) is 17.5. The highest BCUT2D eigenvalue weighted by molar-refractivity contribution is 7.89. The third-order valence-electron chi connectivity index (χ3n) is 7.20. The Morgan fingerprint density at radius 2 is 1.86 bits per heavy atom. The van der Waals surface area contributed by atoms with Gasteiger partial charge in [-0.3, -0.25) is 4.79 Å². The molecule has 0 aliphatic rings. The van der Waals surface area contributed by atoms with Crippen LogP contribution in [-0.2, 0) is 16.4 Å². The maximum Gasteiger partial charge on any atom is 0.251 e. The summed E-state index contributed by atoms with van der Waals surface area (Å²) < 4.78 is 44.6. The SMILES string of the molecule is C=CC(c1ccc2nc(N)sc2c1)S(=O)(=O)N(CC(C)C)CC(O)C(Cc1ccccc1)NC(=O)c1cccc(F)c1C. The number of amides is 1. The van der Waals surface area contributed by atoms with E-state index in [2.05, 4.69) is 16.9 Å². The number of aliphatic hydroxyl groups is 1. The Kier molecular flexibility index (Phi) is 10.3. The number of halogens is 1. The standard InChI is InChI=1S/C32H37FN4O4S2/c1-5-30(23-14-15-26-29(17-23)42-32(34)36-26)43(40,41)37(18-20(2)3)19-28(38)27(16-22-10-7-6-8-11-22)35-31(39)24-12-9-13-25(33)21(24)4/h5-15,17,20,27-28,30,38H,1,16,18-19H2,2-4H3,(H2,34,36)(H,35,39). The second-order valence-electron chi connectivity index (χ2n) is 10.9. The molecule has 43 heavy (non-hydrogen) atoms. The normalized spacial score (nSPS) is 14.1. The van der Waals surface area contributed by atoms with Gasteiger partial charge in [0.05, 0.1) is 22.4 Å². The Bertz CT molecular complexity index is 1690. The number of nitrogens with zero attached hydrogens (tertiary/aromatic N) is 2. The fourth-order valence-electron chi connectivity index (χ4n) is 5.00. The summed E-state index contributed by atoms with van der Waals surface area (Å²) in [5.41, 5.74) is 8.19. The first-order chi connectivity index (χ1) is 20.4. The highest BCUT2D eigenvalue weighted by Gasteiger charge is 2.35. The van der Waals surface area contributed by atoms with E-state index < -0.39 is 39.1 Å². The summed E-state index contributed by atoms with van der Waals surface area (Å²) in [6.45, 7) is 8.96. The molecule has 228 valence electrons. The average Bonchev–Trinajstić information content (AvgIpc) is 3.33. The van der Waals surface area contributed by atoms with E-state index in [4.69, 9.17) is 5.73 Å². The lowest BCUT2D eigenvalue weighted by molar-refractivity contribution is 0.0774. The van der Waals surface area contributed by atoms with Gasteiger partial charge in [-0.05, 0) is 60.2 Å². The molecule has 4 rings (SSSR count). The molecule has 0 bridgehead atoms. The first-order valence-electron chi connectivity index (χ1n) is 14.0. The van der Waals surface area contributed by atoms with Gasteiger partial charge >= 0.3 is 0 Å². The van der Waals surface area contributed by atoms with Crippen molar-refractivity contribution in [2.45, 2.75) is 44.6 Å². The van der Waals surface area contributed by atoms with Crippen molar-refractivity contribution in [1.29, 1.82) is 0 Å². The van der Waals surface area contributed by atoms with Crippen LogP contribution in [0, 0.1) is 18.7 Å². The van der Waals surface area contributed by atoms with Gasteiger partial charge in [0.1, 0.15) is 11.1 Å².